The van der Waals surface area contributed by atoms with Crippen molar-refractivity contribution in [3.05, 3.63) is 59.7 Å². The lowest BCUT2D eigenvalue weighted by atomic mass is 10.1. The molecule has 0 saturated carbocycles. The predicted molar refractivity (Wildman–Crippen MR) is 136 cm³/mol. The van der Waals surface area contributed by atoms with Gasteiger partial charge < -0.3 is 19.7 Å². The summed E-state index contributed by atoms with van der Waals surface area (Å²) in [5, 5.41) is 2.98. The molecule has 0 aromatic heterocycles. The first-order valence-corrected chi connectivity index (χ1v) is 12.4. The van der Waals surface area contributed by atoms with Gasteiger partial charge in [-0.15, -0.1) is 0 Å². The van der Waals surface area contributed by atoms with Gasteiger partial charge in [0.05, 0.1) is 13.2 Å². The summed E-state index contributed by atoms with van der Waals surface area (Å²) in [5.41, 5.74) is 2.15. The van der Waals surface area contributed by atoms with Crippen LogP contribution in [-0.2, 0) is 22.4 Å². The summed E-state index contributed by atoms with van der Waals surface area (Å²) in [6, 6.07) is 15.4. The molecule has 2 amide bonds. The molecule has 0 radical (unpaired) electrons. The number of carbonyl (C=O) groups excluding carboxylic acids is 2. The Morgan fingerprint density at radius 1 is 0.882 bits per heavy atom. The third-order valence-corrected chi connectivity index (χ3v) is 5.54. The zero-order valence-electron chi connectivity index (χ0n) is 21.3. The van der Waals surface area contributed by atoms with Crippen LogP contribution in [0.1, 0.15) is 58.6 Å². The minimum absolute atomic E-state index is 0.0199. The number of amides is 2. The van der Waals surface area contributed by atoms with E-state index in [4.69, 9.17) is 9.47 Å². The molecule has 0 bridgehead atoms. The Labute approximate surface area is 204 Å². The fraction of sp³-hybridized carbons (Fsp3) is 0.500. The van der Waals surface area contributed by atoms with Crippen LogP contribution in [0.25, 0.3) is 0 Å². The van der Waals surface area contributed by atoms with Crippen molar-refractivity contribution in [1.29, 1.82) is 0 Å². The highest BCUT2D eigenvalue weighted by atomic mass is 16.5. The van der Waals surface area contributed by atoms with E-state index in [1.165, 1.54) is 0 Å². The summed E-state index contributed by atoms with van der Waals surface area (Å²) in [6.07, 6.45) is 2.15. The number of benzene rings is 2. The van der Waals surface area contributed by atoms with E-state index in [1.54, 1.807) is 4.90 Å². The molecule has 186 valence electrons. The second-order valence-electron chi connectivity index (χ2n) is 8.56. The first kappa shape index (κ1) is 27.2. The average Bonchev–Trinajstić information content (AvgIpc) is 2.82. The smallest absolute Gasteiger partial charge is 0.242 e. The molecule has 0 aliphatic heterocycles. The van der Waals surface area contributed by atoms with Gasteiger partial charge in [0.1, 0.15) is 6.04 Å². The van der Waals surface area contributed by atoms with Gasteiger partial charge in [0.15, 0.2) is 11.5 Å². The normalized spacial score (nSPS) is 11.7. The van der Waals surface area contributed by atoms with E-state index < -0.39 is 6.04 Å². The lowest BCUT2D eigenvalue weighted by Gasteiger charge is -2.31. The summed E-state index contributed by atoms with van der Waals surface area (Å²) < 4.78 is 11.4. The first-order chi connectivity index (χ1) is 16.4. The molecule has 0 aliphatic rings. The van der Waals surface area contributed by atoms with E-state index in [0.29, 0.717) is 56.9 Å². The standard InChI is InChI=1S/C28H40N2O4/c1-6-24(28(32)29-21(4)5)30(19-18-22-12-10-9-11-13-22)27(31)17-15-23-14-16-25(33-7-2)26(20-23)34-8-3/h9-14,16,20-21,24H,6-8,15,17-19H2,1-5H3,(H,29,32)/t24-/m1/s1. The van der Waals surface area contributed by atoms with Crippen molar-refractivity contribution in [1.82, 2.24) is 10.2 Å². The topological polar surface area (TPSA) is 67.9 Å². The molecule has 34 heavy (non-hydrogen) atoms. The number of rotatable bonds is 14. The second kappa shape index (κ2) is 14.3. The molecule has 0 heterocycles. The zero-order chi connectivity index (χ0) is 24.9. The van der Waals surface area contributed by atoms with Gasteiger partial charge in [0.25, 0.3) is 0 Å². The molecule has 1 N–H and O–H groups in total. The molecule has 0 aliphatic carbocycles. The van der Waals surface area contributed by atoms with Gasteiger partial charge in [-0.2, -0.15) is 0 Å². The van der Waals surface area contributed by atoms with E-state index in [9.17, 15) is 9.59 Å². The van der Waals surface area contributed by atoms with Crippen LogP contribution in [-0.4, -0.2) is 48.6 Å². The molecule has 0 unspecified atom stereocenters. The SMILES string of the molecule is CCOc1ccc(CCC(=O)N(CCc2ccccc2)[C@H](CC)C(=O)NC(C)C)cc1OCC. The molecule has 1 atom stereocenters. The Morgan fingerprint density at radius 3 is 2.18 bits per heavy atom. The molecule has 0 saturated heterocycles. The van der Waals surface area contributed by atoms with Gasteiger partial charge in [-0.25, -0.2) is 0 Å². The van der Waals surface area contributed by atoms with Crippen molar-refractivity contribution in [3.8, 4) is 11.5 Å². The number of carbonyl (C=O) groups is 2. The highest BCUT2D eigenvalue weighted by Crippen LogP contribution is 2.29. The van der Waals surface area contributed by atoms with Crippen LogP contribution >= 0.6 is 0 Å². The van der Waals surface area contributed by atoms with Crippen molar-refractivity contribution in [3.63, 3.8) is 0 Å². The number of hydrogen-bond acceptors (Lipinski definition) is 4. The van der Waals surface area contributed by atoms with Crippen LogP contribution in [0.5, 0.6) is 11.5 Å². The molecule has 6 nitrogen and oxygen atoms in total. The fourth-order valence-electron chi connectivity index (χ4n) is 3.92. The third kappa shape index (κ3) is 8.40. The quantitative estimate of drug-likeness (QED) is 0.433. The van der Waals surface area contributed by atoms with Gasteiger partial charge >= 0.3 is 0 Å². The van der Waals surface area contributed by atoms with Crippen molar-refractivity contribution >= 4 is 11.8 Å². The molecule has 0 spiro atoms. The molecular formula is C28H40N2O4. The maximum absolute atomic E-state index is 13.4. The van der Waals surface area contributed by atoms with E-state index in [1.807, 2.05) is 83.1 Å². The van der Waals surface area contributed by atoms with Crippen molar-refractivity contribution in [2.24, 2.45) is 0 Å². The van der Waals surface area contributed by atoms with Gasteiger partial charge in [0, 0.05) is 19.0 Å². The first-order valence-electron chi connectivity index (χ1n) is 12.4. The molecule has 2 aromatic rings. The Balaban J connectivity index is 2.16. The molecule has 2 rings (SSSR count). The summed E-state index contributed by atoms with van der Waals surface area (Å²) in [5.74, 6) is 1.28. The zero-order valence-corrected chi connectivity index (χ0v) is 21.3. The van der Waals surface area contributed by atoms with Crippen LogP contribution in [0.3, 0.4) is 0 Å². The highest BCUT2D eigenvalue weighted by molar-refractivity contribution is 5.87. The van der Waals surface area contributed by atoms with Crippen LogP contribution in [0.15, 0.2) is 48.5 Å². The van der Waals surface area contributed by atoms with Crippen molar-refractivity contribution in [2.75, 3.05) is 19.8 Å². The molecular weight excluding hydrogens is 428 g/mol. The maximum Gasteiger partial charge on any atom is 0.242 e. The van der Waals surface area contributed by atoms with Crippen LogP contribution in [0.4, 0.5) is 0 Å². The van der Waals surface area contributed by atoms with Crippen LogP contribution in [0.2, 0.25) is 0 Å². The number of nitrogens with one attached hydrogen (secondary N) is 1. The Morgan fingerprint density at radius 2 is 1.56 bits per heavy atom. The lowest BCUT2D eigenvalue weighted by molar-refractivity contribution is -0.140. The number of nitrogens with zero attached hydrogens (tertiary/aromatic N) is 1. The minimum atomic E-state index is -0.488. The van der Waals surface area contributed by atoms with Gasteiger partial charge in [-0.1, -0.05) is 43.3 Å². The van der Waals surface area contributed by atoms with Gasteiger partial charge in [-0.05, 0) is 70.2 Å². The molecule has 6 heteroatoms. The number of ether oxygens (including phenoxy) is 2. The van der Waals surface area contributed by atoms with Crippen molar-refractivity contribution in [2.45, 2.75) is 72.4 Å². The highest BCUT2D eigenvalue weighted by Gasteiger charge is 2.28. The molecule has 2 aromatic carbocycles. The number of hydrogen-bond donors (Lipinski definition) is 1. The second-order valence-corrected chi connectivity index (χ2v) is 8.56. The number of aryl methyl sites for hydroxylation is 1. The molecule has 0 fully saturated rings. The minimum Gasteiger partial charge on any atom is -0.490 e. The van der Waals surface area contributed by atoms with E-state index >= 15 is 0 Å². The fourth-order valence-corrected chi connectivity index (χ4v) is 3.92. The van der Waals surface area contributed by atoms with E-state index in [0.717, 1.165) is 11.1 Å². The Bertz CT molecular complexity index is 899. The summed E-state index contributed by atoms with van der Waals surface area (Å²) in [6.45, 7) is 11.3. The van der Waals surface area contributed by atoms with Crippen LogP contribution < -0.4 is 14.8 Å². The monoisotopic (exact) mass is 468 g/mol. The van der Waals surface area contributed by atoms with Gasteiger partial charge in [-0.3, -0.25) is 9.59 Å². The largest absolute Gasteiger partial charge is 0.490 e. The van der Waals surface area contributed by atoms with E-state index in [-0.39, 0.29) is 17.9 Å². The van der Waals surface area contributed by atoms with Crippen LogP contribution in [0, 0.1) is 0 Å². The Kier molecular flexibility index (Phi) is 11.4. The Hall–Kier alpha value is -3.02. The van der Waals surface area contributed by atoms with Crippen molar-refractivity contribution < 1.29 is 19.1 Å². The average molecular weight is 469 g/mol. The summed E-state index contributed by atoms with van der Waals surface area (Å²) in [7, 11) is 0. The lowest BCUT2D eigenvalue weighted by Crippen LogP contribution is -2.51. The van der Waals surface area contributed by atoms with Gasteiger partial charge in [0.2, 0.25) is 11.8 Å². The van der Waals surface area contributed by atoms with E-state index in [2.05, 4.69) is 5.32 Å². The third-order valence-electron chi connectivity index (χ3n) is 5.54. The maximum atomic E-state index is 13.4. The summed E-state index contributed by atoms with van der Waals surface area (Å²) in [4.78, 5) is 28.0. The summed E-state index contributed by atoms with van der Waals surface area (Å²) >= 11 is 0. The predicted octanol–water partition coefficient (Wildman–Crippen LogP) is 4.79.